The standard InChI is InChI=1S/C17H27N5O3Si/c1-7-10-12(23)13(25-26(5,6)17(2,3)4)16(24-10)22-9-21-11-14(18)19-8-20-15(11)22/h8-10,13,16H,7H2,1-6H3,(H2,18,19,20). The van der Waals surface area contributed by atoms with Crippen LogP contribution in [0.4, 0.5) is 5.82 Å². The van der Waals surface area contributed by atoms with Gasteiger partial charge >= 0.3 is 0 Å². The second kappa shape index (κ2) is 6.40. The molecule has 26 heavy (non-hydrogen) atoms. The Labute approximate surface area is 154 Å². The number of ketones is 1. The number of carbonyl (C=O) groups excluding carboxylic acids is 1. The number of aromatic nitrogens is 4. The molecule has 1 aliphatic rings. The predicted octanol–water partition coefficient (Wildman–Crippen LogP) is 2.68. The number of rotatable bonds is 4. The molecule has 0 radical (unpaired) electrons. The highest BCUT2D eigenvalue weighted by Crippen LogP contribution is 2.41. The minimum Gasteiger partial charge on any atom is -0.403 e. The number of imidazole rings is 1. The van der Waals surface area contributed by atoms with E-state index < -0.39 is 26.8 Å². The van der Waals surface area contributed by atoms with Gasteiger partial charge in [0.05, 0.1) is 6.33 Å². The molecule has 0 amide bonds. The van der Waals surface area contributed by atoms with Crippen molar-refractivity contribution in [3.05, 3.63) is 12.7 Å². The fraction of sp³-hybridized carbons (Fsp3) is 0.647. The smallest absolute Gasteiger partial charge is 0.193 e. The molecule has 2 aromatic rings. The second-order valence-electron chi connectivity index (χ2n) is 8.21. The molecule has 9 heteroatoms. The summed E-state index contributed by atoms with van der Waals surface area (Å²) in [6, 6.07) is 0. The molecule has 1 saturated heterocycles. The van der Waals surface area contributed by atoms with Gasteiger partial charge in [0.15, 0.2) is 37.9 Å². The zero-order chi connectivity index (χ0) is 19.3. The van der Waals surface area contributed by atoms with Crippen molar-refractivity contribution in [1.29, 1.82) is 0 Å². The van der Waals surface area contributed by atoms with Gasteiger partial charge in [0.25, 0.3) is 0 Å². The number of Topliss-reactive ketones (excluding diaryl/α,β-unsaturated/α-hetero) is 1. The molecule has 0 aromatic carbocycles. The maximum Gasteiger partial charge on any atom is 0.193 e. The van der Waals surface area contributed by atoms with Crippen LogP contribution in [0.5, 0.6) is 0 Å². The third-order valence-corrected chi connectivity index (χ3v) is 9.88. The van der Waals surface area contributed by atoms with Gasteiger partial charge in [-0.15, -0.1) is 0 Å². The SMILES string of the molecule is CCC1OC(n2cnc3c(N)ncnc32)C(O[Si](C)(C)C(C)(C)C)C1=O. The normalized spacial score (nSPS) is 24.5. The van der Waals surface area contributed by atoms with Gasteiger partial charge in [0.2, 0.25) is 0 Å². The number of nitrogens with two attached hydrogens (primary N) is 1. The highest BCUT2D eigenvalue weighted by atomic mass is 28.4. The fourth-order valence-electron chi connectivity index (χ4n) is 2.81. The maximum absolute atomic E-state index is 12.9. The number of fused-ring (bicyclic) bond motifs is 1. The molecular formula is C17H27N5O3Si. The summed E-state index contributed by atoms with van der Waals surface area (Å²) in [6.45, 7) is 12.6. The Morgan fingerprint density at radius 1 is 1.31 bits per heavy atom. The first-order valence-corrected chi connectivity index (χ1v) is 11.8. The molecule has 3 unspecified atom stereocenters. The number of hydrogen-bond acceptors (Lipinski definition) is 7. The lowest BCUT2D eigenvalue weighted by Gasteiger charge is -2.38. The van der Waals surface area contributed by atoms with Gasteiger partial charge in [0, 0.05) is 0 Å². The van der Waals surface area contributed by atoms with Crippen LogP contribution >= 0.6 is 0 Å². The van der Waals surface area contributed by atoms with Crippen LogP contribution in [0.2, 0.25) is 18.1 Å². The molecule has 2 N–H and O–H groups in total. The number of nitrogens with zero attached hydrogens (tertiary/aromatic N) is 4. The zero-order valence-corrected chi connectivity index (χ0v) is 17.2. The van der Waals surface area contributed by atoms with E-state index in [2.05, 4.69) is 48.8 Å². The largest absolute Gasteiger partial charge is 0.403 e. The Hall–Kier alpha value is -1.84. The van der Waals surface area contributed by atoms with Crippen molar-refractivity contribution in [3.63, 3.8) is 0 Å². The van der Waals surface area contributed by atoms with E-state index in [4.69, 9.17) is 14.9 Å². The maximum atomic E-state index is 12.9. The molecule has 1 fully saturated rings. The van der Waals surface area contributed by atoms with Crippen LogP contribution in [-0.4, -0.2) is 45.8 Å². The van der Waals surface area contributed by atoms with Crippen LogP contribution in [-0.2, 0) is 14.0 Å². The van der Waals surface area contributed by atoms with Crippen molar-refractivity contribution in [3.8, 4) is 0 Å². The van der Waals surface area contributed by atoms with Gasteiger partial charge in [-0.1, -0.05) is 27.7 Å². The molecule has 3 rings (SSSR count). The Morgan fingerprint density at radius 3 is 2.62 bits per heavy atom. The van der Waals surface area contributed by atoms with Gasteiger partial charge in [-0.05, 0) is 24.6 Å². The van der Waals surface area contributed by atoms with Crippen molar-refractivity contribution < 1.29 is 14.0 Å². The Morgan fingerprint density at radius 2 is 2.00 bits per heavy atom. The van der Waals surface area contributed by atoms with E-state index in [9.17, 15) is 4.79 Å². The molecule has 8 nitrogen and oxygen atoms in total. The summed E-state index contributed by atoms with van der Waals surface area (Å²) in [5.41, 5.74) is 6.92. The minimum absolute atomic E-state index is 0.0220. The first kappa shape index (κ1) is 18.9. The molecule has 2 aromatic heterocycles. The fourth-order valence-corrected chi connectivity index (χ4v) is 4.03. The molecule has 3 heterocycles. The van der Waals surface area contributed by atoms with Crippen LogP contribution in [0.1, 0.15) is 40.3 Å². The van der Waals surface area contributed by atoms with Crippen molar-refractivity contribution in [1.82, 2.24) is 19.5 Å². The van der Waals surface area contributed by atoms with E-state index in [-0.39, 0.29) is 10.8 Å². The highest BCUT2D eigenvalue weighted by molar-refractivity contribution is 6.74. The summed E-state index contributed by atoms with van der Waals surface area (Å²) in [6.07, 6.45) is 1.78. The van der Waals surface area contributed by atoms with E-state index in [1.807, 2.05) is 6.92 Å². The Bertz CT molecular complexity index is 829. The van der Waals surface area contributed by atoms with E-state index in [0.717, 1.165) is 0 Å². The zero-order valence-electron chi connectivity index (χ0n) is 16.2. The van der Waals surface area contributed by atoms with Gasteiger partial charge in [-0.2, -0.15) is 0 Å². The van der Waals surface area contributed by atoms with Crippen LogP contribution < -0.4 is 5.73 Å². The Balaban J connectivity index is 2.03. The molecule has 0 aliphatic carbocycles. The van der Waals surface area contributed by atoms with E-state index in [0.29, 0.717) is 23.4 Å². The van der Waals surface area contributed by atoms with Crippen molar-refractivity contribution in [2.75, 3.05) is 5.73 Å². The minimum atomic E-state index is -2.18. The molecule has 0 saturated carbocycles. The summed E-state index contributed by atoms with van der Waals surface area (Å²) in [5, 5.41) is -0.0221. The lowest BCUT2D eigenvalue weighted by Crippen LogP contribution is -2.47. The average molecular weight is 378 g/mol. The van der Waals surface area contributed by atoms with Crippen LogP contribution in [0.25, 0.3) is 11.2 Å². The molecule has 1 aliphatic heterocycles. The Kier molecular flexibility index (Phi) is 4.66. The lowest BCUT2D eigenvalue weighted by molar-refractivity contribution is -0.126. The highest BCUT2D eigenvalue weighted by Gasteiger charge is 2.50. The van der Waals surface area contributed by atoms with Gasteiger partial charge < -0.3 is 14.9 Å². The second-order valence-corrected chi connectivity index (χ2v) is 13.0. The molecule has 3 atom stereocenters. The molecular weight excluding hydrogens is 350 g/mol. The first-order chi connectivity index (χ1) is 12.1. The van der Waals surface area contributed by atoms with Crippen LogP contribution in [0.15, 0.2) is 12.7 Å². The summed E-state index contributed by atoms with van der Waals surface area (Å²) in [4.78, 5) is 25.5. The first-order valence-electron chi connectivity index (χ1n) is 8.87. The van der Waals surface area contributed by atoms with Crippen molar-refractivity contribution in [2.24, 2.45) is 0 Å². The van der Waals surface area contributed by atoms with Crippen LogP contribution in [0, 0.1) is 0 Å². The molecule has 0 spiro atoms. The van der Waals surface area contributed by atoms with Gasteiger partial charge in [0.1, 0.15) is 17.9 Å². The summed E-state index contributed by atoms with van der Waals surface area (Å²) >= 11 is 0. The summed E-state index contributed by atoms with van der Waals surface area (Å²) < 4.78 is 14.3. The van der Waals surface area contributed by atoms with Gasteiger partial charge in [-0.3, -0.25) is 9.36 Å². The number of ether oxygens (including phenoxy) is 1. The number of carbonyl (C=O) groups is 1. The van der Waals surface area contributed by atoms with Crippen LogP contribution in [0.3, 0.4) is 0 Å². The third-order valence-electron chi connectivity index (χ3n) is 5.42. The van der Waals surface area contributed by atoms with E-state index >= 15 is 0 Å². The van der Waals surface area contributed by atoms with E-state index in [1.165, 1.54) is 6.33 Å². The average Bonchev–Trinajstić information content (AvgIpc) is 3.09. The van der Waals surface area contributed by atoms with Crippen molar-refractivity contribution in [2.45, 2.75) is 70.7 Å². The topological polar surface area (TPSA) is 105 Å². The van der Waals surface area contributed by atoms with Crippen molar-refractivity contribution >= 4 is 31.1 Å². The quantitative estimate of drug-likeness (QED) is 0.817. The third kappa shape index (κ3) is 3.04. The van der Waals surface area contributed by atoms with Gasteiger partial charge in [-0.25, -0.2) is 15.0 Å². The number of hydrogen-bond donors (Lipinski definition) is 1. The molecule has 0 bridgehead atoms. The number of anilines is 1. The predicted molar refractivity (Wildman–Crippen MR) is 101 cm³/mol. The monoisotopic (exact) mass is 377 g/mol. The lowest BCUT2D eigenvalue weighted by atomic mass is 10.1. The summed E-state index contributed by atoms with van der Waals surface area (Å²) in [5.74, 6) is 0.276. The van der Waals surface area contributed by atoms with E-state index in [1.54, 1.807) is 10.9 Å². The number of nitrogen functional groups attached to an aromatic ring is 1. The molecule has 142 valence electrons. The summed E-state index contributed by atoms with van der Waals surface area (Å²) in [7, 11) is -2.18.